The van der Waals surface area contributed by atoms with Gasteiger partial charge in [-0.25, -0.2) is 4.39 Å². The lowest BCUT2D eigenvalue weighted by atomic mass is 9.95. The summed E-state index contributed by atoms with van der Waals surface area (Å²) in [4.78, 5) is 13.8. The number of benzene rings is 1. The lowest BCUT2D eigenvalue weighted by Crippen LogP contribution is -2.26. The third kappa shape index (κ3) is 3.13. The second kappa shape index (κ2) is 5.70. The molecule has 0 aromatic heterocycles. The Morgan fingerprint density at radius 3 is 2.74 bits per heavy atom. The minimum absolute atomic E-state index is 0.186. The van der Waals surface area contributed by atoms with Gasteiger partial charge in [0.25, 0.3) is 0 Å². The molecule has 0 aliphatic carbocycles. The van der Waals surface area contributed by atoms with Crippen LogP contribution >= 0.6 is 0 Å². The highest BCUT2D eigenvalue weighted by Gasteiger charge is 2.31. The summed E-state index contributed by atoms with van der Waals surface area (Å²) in [6, 6.07) is 4.61. The first-order valence-electron chi connectivity index (χ1n) is 6.76. The topological polar surface area (TPSA) is 46.3 Å². The van der Waals surface area contributed by atoms with Crippen molar-refractivity contribution in [1.82, 2.24) is 4.90 Å². The molecule has 1 saturated heterocycles. The first-order valence-corrected chi connectivity index (χ1v) is 6.76. The van der Waals surface area contributed by atoms with Crippen molar-refractivity contribution in [2.75, 3.05) is 6.54 Å². The monoisotopic (exact) mass is 264 g/mol. The van der Waals surface area contributed by atoms with E-state index >= 15 is 0 Å². The second-order valence-electron chi connectivity index (χ2n) is 5.60. The van der Waals surface area contributed by atoms with E-state index in [9.17, 15) is 9.18 Å². The summed E-state index contributed by atoms with van der Waals surface area (Å²) in [6.45, 7) is 5.91. The maximum Gasteiger partial charge on any atom is 0.223 e. The van der Waals surface area contributed by atoms with Gasteiger partial charge in [0.2, 0.25) is 5.91 Å². The Morgan fingerprint density at radius 2 is 2.16 bits per heavy atom. The Hall–Kier alpha value is -1.42. The van der Waals surface area contributed by atoms with Gasteiger partial charge in [-0.05, 0) is 35.1 Å². The van der Waals surface area contributed by atoms with Crippen LogP contribution in [-0.2, 0) is 17.9 Å². The van der Waals surface area contributed by atoms with Crippen LogP contribution in [0.4, 0.5) is 4.39 Å². The molecule has 1 aliphatic heterocycles. The third-order valence-electron chi connectivity index (χ3n) is 3.94. The molecule has 104 valence electrons. The van der Waals surface area contributed by atoms with Crippen LogP contribution < -0.4 is 5.73 Å². The smallest absolute Gasteiger partial charge is 0.223 e. The van der Waals surface area contributed by atoms with Gasteiger partial charge in [0.15, 0.2) is 0 Å². The van der Waals surface area contributed by atoms with Crippen molar-refractivity contribution in [3.05, 3.63) is 35.1 Å². The van der Waals surface area contributed by atoms with Gasteiger partial charge in [0, 0.05) is 26.1 Å². The summed E-state index contributed by atoms with van der Waals surface area (Å²) in [5, 5.41) is 0. The summed E-state index contributed by atoms with van der Waals surface area (Å²) in [5.41, 5.74) is 7.36. The van der Waals surface area contributed by atoms with Crippen molar-refractivity contribution < 1.29 is 9.18 Å². The van der Waals surface area contributed by atoms with Crippen LogP contribution in [0, 0.1) is 17.7 Å². The Labute approximate surface area is 113 Å². The average Bonchev–Trinajstić information content (AvgIpc) is 2.73. The molecule has 1 aliphatic rings. The number of amides is 1. The minimum atomic E-state index is -0.281. The van der Waals surface area contributed by atoms with Crippen molar-refractivity contribution in [3.8, 4) is 0 Å². The second-order valence-corrected chi connectivity index (χ2v) is 5.60. The van der Waals surface area contributed by atoms with E-state index in [2.05, 4.69) is 13.8 Å². The highest BCUT2D eigenvalue weighted by molar-refractivity contribution is 5.78. The van der Waals surface area contributed by atoms with E-state index < -0.39 is 0 Å². The molecule has 1 aromatic carbocycles. The number of nitrogens with zero attached hydrogens (tertiary/aromatic N) is 1. The molecular weight excluding hydrogens is 243 g/mol. The van der Waals surface area contributed by atoms with Crippen LogP contribution in [0.2, 0.25) is 0 Å². The first kappa shape index (κ1) is 14.0. The van der Waals surface area contributed by atoms with Crippen LogP contribution in [-0.4, -0.2) is 17.4 Å². The Morgan fingerprint density at radius 1 is 1.42 bits per heavy atom. The Balaban J connectivity index is 2.11. The highest BCUT2D eigenvalue weighted by atomic mass is 19.1. The summed E-state index contributed by atoms with van der Waals surface area (Å²) < 4.78 is 13.2. The zero-order valence-electron chi connectivity index (χ0n) is 11.5. The van der Waals surface area contributed by atoms with Gasteiger partial charge in [-0.3, -0.25) is 4.79 Å². The molecule has 1 fully saturated rings. The normalized spacial score (nSPS) is 19.5. The summed E-state index contributed by atoms with van der Waals surface area (Å²) in [5.74, 6) is 0.841. The molecule has 2 rings (SSSR count). The van der Waals surface area contributed by atoms with Crippen LogP contribution in [0.1, 0.15) is 31.4 Å². The van der Waals surface area contributed by atoms with E-state index in [-0.39, 0.29) is 11.7 Å². The molecule has 0 radical (unpaired) electrons. The minimum Gasteiger partial charge on any atom is -0.338 e. The number of likely N-dealkylation sites (tertiary alicyclic amines) is 1. The number of hydrogen-bond acceptors (Lipinski definition) is 2. The molecule has 0 bridgehead atoms. The highest BCUT2D eigenvalue weighted by Crippen LogP contribution is 2.26. The Bertz CT molecular complexity index is 473. The molecule has 3 nitrogen and oxygen atoms in total. The fourth-order valence-electron chi connectivity index (χ4n) is 2.55. The maximum absolute atomic E-state index is 13.2. The molecule has 1 heterocycles. The van der Waals surface area contributed by atoms with Gasteiger partial charge >= 0.3 is 0 Å². The van der Waals surface area contributed by atoms with Crippen LogP contribution in [0.15, 0.2) is 18.2 Å². The van der Waals surface area contributed by atoms with Gasteiger partial charge in [-0.15, -0.1) is 0 Å². The molecule has 0 spiro atoms. The molecule has 1 aromatic rings. The van der Waals surface area contributed by atoms with E-state index in [1.165, 1.54) is 12.1 Å². The number of carbonyl (C=O) groups is 1. The molecule has 4 heteroatoms. The molecular formula is C15H21FN2O. The maximum atomic E-state index is 13.2. The standard InChI is InChI=1S/C15H21FN2O/c1-10(2)13-6-15(19)18(9-13)8-11-3-4-14(16)5-12(11)7-17/h3-5,10,13H,6-9,17H2,1-2H3. The fraction of sp³-hybridized carbons (Fsp3) is 0.533. The number of nitrogens with two attached hydrogens (primary N) is 1. The van der Waals surface area contributed by atoms with Crippen molar-refractivity contribution in [2.45, 2.75) is 33.4 Å². The first-order chi connectivity index (χ1) is 9.01. The van der Waals surface area contributed by atoms with Crippen molar-refractivity contribution in [2.24, 2.45) is 17.6 Å². The van der Waals surface area contributed by atoms with Crippen molar-refractivity contribution in [3.63, 3.8) is 0 Å². The lowest BCUT2D eigenvalue weighted by Gasteiger charge is -2.19. The molecule has 0 saturated carbocycles. The van der Waals surface area contributed by atoms with Gasteiger partial charge in [0.1, 0.15) is 5.82 Å². The zero-order chi connectivity index (χ0) is 14.0. The number of rotatable bonds is 4. The van der Waals surface area contributed by atoms with Gasteiger partial charge in [-0.2, -0.15) is 0 Å². The number of hydrogen-bond donors (Lipinski definition) is 1. The summed E-state index contributed by atoms with van der Waals surface area (Å²) in [7, 11) is 0. The summed E-state index contributed by atoms with van der Waals surface area (Å²) >= 11 is 0. The predicted molar refractivity (Wildman–Crippen MR) is 72.7 cm³/mol. The van der Waals surface area contributed by atoms with E-state index in [0.29, 0.717) is 31.3 Å². The summed E-state index contributed by atoms with van der Waals surface area (Å²) in [6.07, 6.45) is 0.622. The predicted octanol–water partition coefficient (Wildman–Crippen LogP) is 2.29. The lowest BCUT2D eigenvalue weighted by molar-refractivity contribution is -0.128. The van der Waals surface area contributed by atoms with E-state index in [1.807, 2.05) is 4.90 Å². The van der Waals surface area contributed by atoms with Gasteiger partial charge in [0.05, 0.1) is 0 Å². The van der Waals surface area contributed by atoms with Gasteiger partial charge < -0.3 is 10.6 Å². The van der Waals surface area contributed by atoms with Crippen molar-refractivity contribution >= 4 is 5.91 Å². The third-order valence-corrected chi connectivity index (χ3v) is 3.94. The number of carbonyl (C=O) groups excluding carboxylic acids is 1. The van der Waals surface area contributed by atoms with E-state index in [0.717, 1.165) is 17.7 Å². The van der Waals surface area contributed by atoms with E-state index in [4.69, 9.17) is 5.73 Å². The van der Waals surface area contributed by atoms with Crippen LogP contribution in [0.5, 0.6) is 0 Å². The fourth-order valence-corrected chi connectivity index (χ4v) is 2.55. The molecule has 1 unspecified atom stereocenters. The Kier molecular flexibility index (Phi) is 4.20. The van der Waals surface area contributed by atoms with Gasteiger partial charge in [-0.1, -0.05) is 19.9 Å². The molecule has 1 amide bonds. The molecule has 19 heavy (non-hydrogen) atoms. The van der Waals surface area contributed by atoms with Crippen molar-refractivity contribution in [1.29, 1.82) is 0 Å². The molecule has 2 N–H and O–H groups in total. The van der Waals surface area contributed by atoms with Crippen LogP contribution in [0.3, 0.4) is 0 Å². The van der Waals surface area contributed by atoms with Crippen LogP contribution in [0.25, 0.3) is 0 Å². The zero-order valence-corrected chi connectivity index (χ0v) is 11.5. The number of halogens is 1. The average molecular weight is 264 g/mol. The van der Waals surface area contributed by atoms with E-state index in [1.54, 1.807) is 6.07 Å². The SMILES string of the molecule is CC(C)C1CC(=O)N(Cc2ccc(F)cc2CN)C1. The molecule has 1 atom stereocenters. The largest absolute Gasteiger partial charge is 0.338 e. The quantitative estimate of drug-likeness (QED) is 0.907.